The lowest BCUT2D eigenvalue weighted by atomic mass is 10.2. The minimum Gasteiger partial charge on any atom is -0.255 e. The van der Waals surface area contributed by atoms with Crippen molar-refractivity contribution >= 4 is 27.5 Å². The Labute approximate surface area is 123 Å². The molecule has 0 fully saturated rings. The third-order valence-electron chi connectivity index (χ3n) is 2.78. The van der Waals surface area contributed by atoms with Gasteiger partial charge in [-0.1, -0.05) is 46.3 Å². The van der Waals surface area contributed by atoms with Gasteiger partial charge in [-0.2, -0.15) is 0 Å². The molecule has 2 rings (SSSR count). The van der Waals surface area contributed by atoms with Gasteiger partial charge in [-0.25, -0.2) is 13.3 Å². The number of nitrogens with zero attached hydrogens (tertiary/aromatic N) is 2. The van der Waals surface area contributed by atoms with E-state index in [2.05, 4.69) is 15.9 Å². The van der Waals surface area contributed by atoms with Gasteiger partial charge in [0.25, 0.3) is 0 Å². The second-order valence-corrected chi connectivity index (χ2v) is 5.98. The first kappa shape index (κ1) is 14.3. The molecule has 0 aliphatic carbocycles. The van der Waals surface area contributed by atoms with Crippen molar-refractivity contribution in [2.45, 2.75) is 25.9 Å². The van der Waals surface area contributed by atoms with Gasteiger partial charge in [0.2, 0.25) is 0 Å². The fourth-order valence-corrected chi connectivity index (χ4v) is 3.01. The molecule has 0 aliphatic rings. The second kappa shape index (κ2) is 6.86. The van der Waals surface area contributed by atoms with E-state index in [0.717, 1.165) is 35.3 Å². The van der Waals surface area contributed by atoms with E-state index in [1.165, 1.54) is 4.57 Å². The van der Waals surface area contributed by atoms with E-state index in [0.29, 0.717) is 13.1 Å². The zero-order chi connectivity index (χ0) is 13.7. The molecule has 0 atom stereocenters. The molecule has 0 saturated heterocycles. The van der Waals surface area contributed by atoms with Gasteiger partial charge < -0.3 is 0 Å². The molecule has 0 radical (unpaired) electrons. The fraction of sp³-hybridized carbons (Fsp3) is 0.385. The molecule has 0 saturated carbocycles. The number of unbranched alkanes of at least 4 members (excludes halogenated alkanes) is 1. The Morgan fingerprint density at radius 2 is 1.84 bits per heavy atom. The molecule has 0 unspecified atom stereocenters. The molecule has 0 spiro atoms. The van der Waals surface area contributed by atoms with Crippen LogP contribution in [0.1, 0.15) is 18.4 Å². The normalized spacial score (nSPS) is 10.8. The van der Waals surface area contributed by atoms with Crippen LogP contribution in [0.2, 0.25) is 0 Å². The number of aromatic nitrogens is 2. The third kappa shape index (κ3) is 3.67. The van der Waals surface area contributed by atoms with Crippen LogP contribution in [0.3, 0.4) is 0 Å². The van der Waals surface area contributed by atoms with E-state index < -0.39 is 0 Å². The summed E-state index contributed by atoms with van der Waals surface area (Å²) in [6, 6.07) is 9.55. The molecular weight excluding hydrogens is 328 g/mol. The van der Waals surface area contributed by atoms with Gasteiger partial charge in [-0.15, -0.1) is 0 Å². The van der Waals surface area contributed by atoms with E-state index in [1.807, 2.05) is 30.3 Å². The third-order valence-corrected chi connectivity index (χ3v) is 4.28. The molecule has 6 heteroatoms. The van der Waals surface area contributed by atoms with Crippen molar-refractivity contribution in [1.29, 1.82) is 0 Å². The second-order valence-electron chi connectivity index (χ2n) is 4.21. The van der Waals surface area contributed by atoms with Gasteiger partial charge in [-0.05, 0) is 18.4 Å². The molecule has 0 aliphatic heterocycles. The highest BCUT2D eigenvalue weighted by molar-refractivity contribution is 9.09. The van der Waals surface area contributed by atoms with Crippen molar-refractivity contribution in [2.75, 3.05) is 5.33 Å². The van der Waals surface area contributed by atoms with Crippen LogP contribution in [0, 0.1) is 0 Å². The summed E-state index contributed by atoms with van der Waals surface area (Å²) in [5, 5.41) is 0.918. The summed E-state index contributed by atoms with van der Waals surface area (Å²) in [7, 11) is 0. The monoisotopic (exact) mass is 342 g/mol. The Morgan fingerprint density at radius 3 is 2.53 bits per heavy atom. The molecule has 0 bridgehead atoms. The minimum absolute atomic E-state index is 0.187. The molecule has 1 aromatic carbocycles. The summed E-state index contributed by atoms with van der Waals surface area (Å²) in [4.78, 5) is 23.8. The van der Waals surface area contributed by atoms with Crippen LogP contribution in [0.15, 0.2) is 39.9 Å². The Bertz CT molecular complexity index is 630. The first-order valence-electron chi connectivity index (χ1n) is 6.13. The summed E-state index contributed by atoms with van der Waals surface area (Å²) in [5.74, 6) is 0. The first-order chi connectivity index (χ1) is 9.22. The number of hydrogen-bond donors (Lipinski definition) is 0. The quantitative estimate of drug-likeness (QED) is 0.597. The predicted molar refractivity (Wildman–Crippen MR) is 81.4 cm³/mol. The van der Waals surface area contributed by atoms with E-state index in [4.69, 9.17) is 0 Å². The molecule has 0 amide bonds. The van der Waals surface area contributed by atoms with Gasteiger partial charge in [0.15, 0.2) is 0 Å². The van der Waals surface area contributed by atoms with Crippen molar-refractivity contribution in [3.63, 3.8) is 0 Å². The lowest BCUT2D eigenvalue weighted by molar-refractivity contribution is 0.617. The number of alkyl halides is 1. The largest absolute Gasteiger partial charge is 0.341 e. The number of benzene rings is 1. The highest BCUT2D eigenvalue weighted by Crippen LogP contribution is 2.01. The maximum atomic E-state index is 12.1. The molecule has 1 aromatic heterocycles. The lowest BCUT2D eigenvalue weighted by Gasteiger charge is -2.00. The molecule has 0 N–H and O–H groups in total. The van der Waals surface area contributed by atoms with Gasteiger partial charge in [0.05, 0.1) is 6.54 Å². The van der Waals surface area contributed by atoms with Crippen molar-refractivity contribution in [3.05, 3.63) is 56.0 Å². The van der Waals surface area contributed by atoms with Gasteiger partial charge in [0, 0.05) is 23.4 Å². The van der Waals surface area contributed by atoms with Crippen LogP contribution in [-0.4, -0.2) is 13.9 Å². The average Bonchev–Trinajstić information content (AvgIpc) is 2.68. The lowest BCUT2D eigenvalue weighted by Crippen LogP contribution is -2.29. The van der Waals surface area contributed by atoms with Crippen molar-refractivity contribution in [3.8, 4) is 0 Å². The van der Waals surface area contributed by atoms with Gasteiger partial charge in [0.1, 0.15) is 0 Å². The Hall–Kier alpha value is -1.14. The highest BCUT2D eigenvalue weighted by Gasteiger charge is 2.09. The summed E-state index contributed by atoms with van der Waals surface area (Å²) in [6.07, 6.45) is 1.90. The minimum atomic E-state index is -0.201. The molecule has 1 heterocycles. The van der Waals surface area contributed by atoms with Crippen molar-refractivity contribution in [1.82, 2.24) is 8.52 Å². The van der Waals surface area contributed by atoms with Crippen LogP contribution in [0.25, 0.3) is 0 Å². The fourth-order valence-electron chi connectivity index (χ4n) is 1.78. The Morgan fingerprint density at radius 1 is 1.11 bits per heavy atom. The number of aryl methyl sites for hydroxylation is 1. The smallest absolute Gasteiger partial charge is 0.255 e. The van der Waals surface area contributed by atoms with E-state index in [1.54, 1.807) is 3.96 Å². The highest BCUT2D eigenvalue weighted by atomic mass is 79.9. The van der Waals surface area contributed by atoms with Gasteiger partial charge >= 0.3 is 10.6 Å². The zero-order valence-corrected chi connectivity index (χ0v) is 12.8. The zero-order valence-electron chi connectivity index (χ0n) is 10.4. The molecule has 102 valence electrons. The summed E-state index contributed by atoms with van der Waals surface area (Å²) in [6.45, 7) is 0.965. The maximum absolute atomic E-state index is 12.1. The maximum Gasteiger partial charge on any atom is 0.341 e. The molecular formula is C13H15BrN2O2S. The molecule has 4 nitrogen and oxygen atoms in total. The average molecular weight is 343 g/mol. The van der Waals surface area contributed by atoms with E-state index in [9.17, 15) is 9.59 Å². The van der Waals surface area contributed by atoms with Crippen molar-refractivity contribution in [2.24, 2.45) is 0 Å². The summed E-state index contributed by atoms with van der Waals surface area (Å²) in [5.41, 5.74) is 0.764. The van der Waals surface area contributed by atoms with Crippen LogP contribution in [0.5, 0.6) is 0 Å². The van der Waals surface area contributed by atoms with Crippen LogP contribution in [-0.2, 0) is 13.1 Å². The van der Waals surface area contributed by atoms with Crippen LogP contribution in [0.4, 0.5) is 0 Å². The molecule has 2 aromatic rings. The van der Waals surface area contributed by atoms with Crippen LogP contribution >= 0.6 is 27.5 Å². The summed E-state index contributed by atoms with van der Waals surface area (Å²) >= 11 is 4.36. The predicted octanol–water partition coefficient (Wildman–Crippen LogP) is 2.29. The standard InChI is InChI=1S/C13H15BrN2O2S/c14-8-4-5-9-16-12(17)15(13(18)19-16)10-11-6-2-1-3-7-11/h1-3,6-7H,4-5,8-10H2. The van der Waals surface area contributed by atoms with Crippen LogP contribution < -0.4 is 10.6 Å². The number of halogens is 1. The SMILES string of the molecule is O=c1sn(CCCCBr)c(=O)n1Cc1ccccc1. The number of hydrogen-bond acceptors (Lipinski definition) is 3. The summed E-state index contributed by atoms with van der Waals surface area (Å²) < 4.78 is 2.85. The topological polar surface area (TPSA) is 44.0 Å². The van der Waals surface area contributed by atoms with E-state index >= 15 is 0 Å². The number of rotatable bonds is 6. The van der Waals surface area contributed by atoms with E-state index in [-0.39, 0.29) is 10.6 Å². The van der Waals surface area contributed by atoms with Crippen molar-refractivity contribution < 1.29 is 0 Å². The van der Waals surface area contributed by atoms with Gasteiger partial charge in [-0.3, -0.25) is 4.79 Å². The Kier molecular flexibility index (Phi) is 5.15. The first-order valence-corrected chi connectivity index (χ1v) is 8.02. The molecule has 19 heavy (non-hydrogen) atoms. The Balaban J connectivity index is 2.18.